The van der Waals surface area contributed by atoms with Crippen molar-refractivity contribution in [1.29, 1.82) is 0 Å². The predicted molar refractivity (Wildman–Crippen MR) is 113 cm³/mol. The van der Waals surface area contributed by atoms with Crippen LogP contribution >= 0.6 is 0 Å². The molecule has 0 aliphatic carbocycles. The average molecular weight is 393 g/mol. The molecule has 2 aromatic carbocycles. The lowest BCUT2D eigenvalue weighted by atomic mass is 9.99. The fraction of sp³-hybridized carbons (Fsp3) is 0.217. The first kappa shape index (κ1) is 20.5. The Hall–Kier alpha value is -3.25. The number of rotatable bonds is 6. The summed E-state index contributed by atoms with van der Waals surface area (Å²) in [5.74, 6) is -0.574. The summed E-state index contributed by atoms with van der Waals surface area (Å²) in [4.78, 5) is 12.3. The van der Waals surface area contributed by atoms with Crippen LogP contribution in [-0.4, -0.2) is 26.4 Å². The number of nitrogens with zero attached hydrogens (tertiary/aromatic N) is 2. The fourth-order valence-electron chi connectivity index (χ4n) is 3.09. The van der Waals surface area contributed by atoms with Gasteiger partial charge in [-0.1, -0.05) is 12.1 Å². The number of benzene rings is 2. The van der Waals surface area contributed by atoms with Crippen LogP contribution in [0.2, 0.25) is 0 Å². The third-order valence-electron chi connectivity index (χ3n) is 4.36. The van der Waals surface area contributed by atoms with E-state index in [0.717, 1.165) is 22.4 Å². The molecular weight excluding hydrogens is 369 g/mol. The van der Waals surface area contributed by atoms with Crippen LogP contribution < -0.4 is 5.32 Å². The highest BCUT2D eigenvalue weighted by Crippen LogP contribution is 2.24. The Morgan fingerprint density at radius 1 is 1.17 bits per heavy atom. The van der Waals surface area contributed by atoms with E-state index in [9.17, 15) is 14.3 Å². The van der Waals surface area contributed by atoms with Crippen LogP contribution in [-0.2, 0) is 18.3 Å². The molecule has 6 heteroatoms. The summed E-state index contributed by atoms with van der Waals surface area (Å²) in [5, 5.41) is 16.9. The van der Waals surface area contributed by atoms with E-state index in [-0.39, 0.29) is 11.7 Å². The number of hydrogen-bond donors (Lipinski definition) is 2. The van der Waals surface area contributed by atoms with Gasteiger partial charge in [0.15, 0.2) is 0 Å². The SMILES string of the molecule is Cn1ncc(/C=C/C(=O)Nc2ccc(CC(C)(C)O)cc2)c1-c1ccc(F)cc1. The molecule has 29 heavy (non-hydrogen) atoms. The average Bonchev–Trinajstić information content (AvgIpc) is 3.02. The third kappa shape index (κ3) is 5.62. The monoisotopic (exact) mass is 393 g/mol. The quantitative estimate of drug-likeness (QED) is 0.617. The van der Waals surface area contributed by atoms with Gasteiger partial charge in [-0.3, -0.25) is 9.48 Å². The van der Waals surface area contributed by atoms with Crippen molar-refractivity contribution in [2.24, 2.45) is 7.05 Å². The van der Waals surface area contributed by atoms with Crippen LogP contribution in [0, 0.1) is 5.82 Å². The van der Waals surface area contributed by atoms with Crippen LogP contribution in [0.1, 0.15) is 25.0 Å². The van der Waals surface area contributed by atoms with Gasteiger partial charge >= 0.3 is 0 Å². The molecule has 0 aliphatic heterocycles. The van der Waals surface area contributed by atoms with Crippen molar-refractivity contribution in [3.8, 4) is 11.3 Å². The summed E-state index contributed by atoms with van der Waals surface area (Å²) in [6.07, 6.45) is 5.32. The lowest BCUT2D eigenvalue weighted by Crippen LogP contribution is -2.21. The van der Waals surface area contributed by atoms with Crippen molar-refractivity contribution < 1.29 is 14.3 Å². The molecule has 0 radical (unpaired) electrons. The van der Waals surface area contributed by atoms with Crippen LogP contribution in [0.5, 0.6) is 0 Å². The van der Waals surface area contributed by atoms with E-state index in [2.05, 4.69) is 10.4 Å². The number of hydrogen-bond acceptors (Lipinski definition) is 3. The molecule has 0 unspecified atom stereocenters. The van der Waals surface area contributed by atoms with E-state index in [1.54, 1.807) is 62.1 Å². The summed E-state index contributed by atoms with van der Waals surface area (Å²) in [7, 11) is 1.80. The highest BCUT2D eigenvalue weighted by atomic mass is 19.1. The van der Waals surface area contributed by atoms with Crippen molar-refractivity contribution in [3.05, 3.63) is 77.7 Å². The van der Waals surface area contributed by atoms with Crippen molar-refractivity contribution in [3.63, 3.8) is 0 Å². The van der Waals surface area contributed by atoms with E-state index in [1.165, 1.54) is 18.2 Å². The first-order valence-corrected chi connectivity index (χ1v) is 9.29. The maximum atomic E-state index is 13.2. The molecule has 3 aromatic rings. The molecule has 0 spiro atoms. The van der Waals surface area contributed by atoms with Crippen molar-refractivity contribution in [1.82, 2.24) is 9.78 Å². The predicted octanol–water partition coefficient (Wildman–Crippen LogP) is 4.19. The van der Waals surface area contributed by atoms with Gasteiger partial charge < -0.3 is 10.4 Å². The highest BCUT2D eigenvalue weighted by molar-refractivity contribution is 6.02. The van der Waals surface area contributed by atoms with Crippen molar-refractivity contribution in [2.45, 2.75) is 25.9 Å². The molecule has 0 aliphatic rings. The Bertz CT molecular complexity index is 1010. The van der Waals surface area contributed by atoms with Gasteiger partial charge in [0, 0.05) is 36.4 Å². The number of carbonyl (C=O) groups excluding carboxylic acids is 1. The standard InChI is InChI=1S/C23H24FN3O2/c1-23(2,29)14-16-4-11-20(12-5-16)26-21(28)13-8-18-15-25-27(3)22(18)17-6-9-19(24)10-7-17/h4-13,15,29H,14H2,1-3H3,(H,26,28)/b13-8+. The first-order chi connectivity index (χ1) is 13.7. The van der Waals surface area contributed by atoms with Gasteiger partial charge in [0.1, 0.15) is 5.82 Å². The van der Waals surface area contributed by atoms with Gasteiger partial charge in [-0.25, -0.2) is 4.39 Å². The molecule has 0 atom stereocenters. The van der Waals surface area contributed by atoms with E-state index in [1.807, 2.05) is 12.1 Å². The Balaban J connectivity index is 1.69. The molecule has 2 N–H and O–H groups in total. The highest BCUT2D eigenvalue weighted by Gasteiger charge is 2.13. The van der Waals surface area contributed by atoms with E-state index < -0.39 is 5.60 Å². The summed E-state index contributed by atoms with van der Waals surface area (Å²) in [6.45, 7) is 3.51. The maximum Gasteiger partial charge on any atom is 0.248 e. The fourth-order valence-corrected chi connectivity index (χ4v) is 3.09. The molecule has 0 bridgehead atoms. The van der Waals surface area contributed by atoms with Crippen LogP contribution in [0.3, 0.4) is 0 Å². The molecule has 1 heterocycles. The second-order valence-corrected chi connectivity index (χ2v) is 7.59. The number of aliphatic hydroxyl groups is 1. The second kappa shape index (κ2) is 8.41. The Morgan fingerprint density at radius 2 is 1.83 bits per heavy atom. The van der Waals surface area contributed by atoms with Crippen molar-refractivity contribution >= 4 is 17.7 Å². The number of aryl methyl sites for hydroxylation is 1. The third-order valence-corrected chi connectivity index (χ3v) is 4.36. The molecule has 0 fully saturated rings. The van der Waals surface area contributed by atoms with Gasteiger partial charge in [0.2, 0.25) is 5.91 Å². The molecule has 150 valence electrons. The van der Waals surface area contributed by atoms with E-state index in [0.29, 0.717) is 12.1 Å². The Kier molecular flexibility index (Phi) is 5.94. The largest absolute Gasteiger partial charge is 0.390 e. The number of anilines is 1. The molecular formula is C23H24FN3O2. The molecule has 0 saturated heterocycles. The number of aromatic nitrogens is 2. The van der Waals surface area contributed by atoms with Gasteiger partial charge in [-0.15, -0.1) is 0 Å². The number of carbonyl (C=O) groups is 1. The normalized spacial score (nSPS) is 11.8. The van der Waals surface area contributed by atoms with Crippen LogP contribution in [0.15, 0.2) is 60.8 Å². The zero-order chi connectivity index (χ0) is 21.0. The Morgan fingerprint density at radius 3 is 2.45 bits per heavy atom. The van der Waals surface area contributed by atoms with Gasteiger partial charge in [0.05, 0.1) is 17.5 Å². The lowest BCUT2D eigenvalue weighted by Gasteiger charge is -2.17. The summed E-state index contributed by atoms with van der Waals surface area (Å²) in [5.41, 5.74) is 3.25. The zero-order valence-electron chi connectivity index (χ0n) is 16.7. The van der Waals surface area contributed by atoms with Gasteiger partial charge in [0.25, 0.3) is 0 Å². The van der Waals surface area contributed by atoms with E-state index >= 15 is 0 Å². The molecule has 3 rings (SSSR count). The maximum absolute atomic E-state index is 13.2. The van der Waals surface area contributed by atoms with Gasteiger partial charge in [-0.2, -0.15) is 5.10 Å². The molecule has 1 aromatic heterocycles. The molecule has 0 saturated carbocycles. The summed E-state index contributed by atoms with van der Waals surface area (Å²) >= 11 is 0. The summed E-state index contributed by atoms with van der Waals surface area (Å²) in [6, 6.07) is 13.5. The number of halogens is 1. The van der Waals surface area contributed by atoms with E-state index in [4.69, 9.17) is 0 Å². The number of nitrogens with one attached hydrogen (secondary N) is 1. The summed E-state index contributed by atoms with van der Waals surface area (Å²) < 4.78 is 14.9. The molecule has 1 amide bonds. The first-order valence-electron chi connectivity index (χ1n) is 9.29. The lowest BCUT2D eigenvalue weighted by molar-refractivity contribution is -0.111. The molecule has 5 nitrogen and oxygen atoms in total. The minimum Gasteiger partial charge on any atom is -0.390 e. The second-order valence-electron chi connectivity index (χ2n) is 7.59. The topological polar surface area (TPSA) is 67.2 Å². The minimum absolute atomic E-state index is 0.269. The minimum atomic E-state index is -0.778. The number of amides is 1. The Labute approximate surface area is 169 Å². The van der Waals surface area contributed by atoms with Crippen molar-refractivity contribution in [2.75, 3.05) is 5.32 Å². The van der Waals surface area contributed by atoms with Gasteiger partial charge in [-0.05, 0) is 61.9 Å². The van der Waals surface area contributed by atoms with Crippen LogP contribution in [0.25, 0.3) is 17.3 Å². The van der Waals surface area contributed by atoms with Crippen LogP contribution in [0.4, 0.5) is 10.1 Å². The smallest absolute Gasteiger partial charge is 0.248 e. The zero-order valence-corrected chi connectivity index (χ0v) is 16.7.